The molecule has 0 spiro atoms. The van der Waals surface area contributed by atoms with Crippen molar-refractivity contribution < 1.29 is 19.8 Å². The molecule has 2 N–H and O–H groups in total. The summed E-state index contributed by atoms with van der Waals surface area (Å²) in [6.45, 7) is 0.0324. The molecule has 0 heterocycles. The van der Waals surface area contributed by atoms with Crippen LogP contribution in [0.2, 0.25) is 0 Å². The Kier molecular flexibility index (Phi) is 3.24. The summed E-state index contributed by atoms with van der Waals surface area (Å²) >= 11 is 0. The number of carbonyl (C=O) groups is 2. The molecule has 58 valence electrons. The minimum Gasteiger partial charge on any atom is -0.481 e. The van der Waals surface area contributed by atoms with Crippen LogP contribution in [0.3, 0.4) is 0 Å². The van der Waals surface area contributed by atoms with Gasteiger partial charge in [-0.05, 0) is 0 Å². The first kappa shape index (κ1) is 8.74. The molecule has 0 aliphatic carbocycles. The standard InChI is InChI=1S/C5H9NO4/c1-6(5(9)10)3-2-4(7)8/h2-3H2,1H3,(H,7,8)(H,9,10). The summed E-state index contributed by atoms with van der Waals surface area (Å²) in [6, 6.07) is 0. The van der Waals surface area contributed by atoms with Gasteiger partial charge in [-0.15, -0.1) is 0 Å². The molecule has 0 fully saturated rings. The van der Waals surface area contributed by atoms with Crippen LogP contribution in [0.15, 0.2) is 0 Å². The Hall–Kier alpha value is -1.26. The molecular formula is C5H9NO4. The summed E-state index contributed by atoms with van der Waals surface area (Å²) in [5.74, 6) is -0.992. The summed E-state index contributed by atoms with van der Waals surface area (Å²) in [4.78, 5) is 20.9. The largest absolute Gasteiger partial charge is 0.481 e. The van der Waals surface area contributed by atoms with E-state index in [0.717, 1.165) is 4.90 Å². The van der Waals surface area contributed by atoms with E-state index in [4.69, 9.17) is 10.2 Å². The molecular weight excluding hydrogens is 138 g/mol. The van der Waals surface area contributed by atoms with Crippen molar-refractivity contribution in [1.29, 1.82) is 0 Å². The lowest BCUT2D eigenvalue weighted by Gasteiger charge is -2.09. The van der Waals surface area contributed by atoms with E-state index in [9.17, 15) is 9.59 Å². The van der Waals surface area contributed by atoms with Crippen LogP contribution in [0, 0.1) is 0 Å². The maximum Gasteiger partial charge on any atom is 0.407 e. The fraction of sp³-hybridized carbons (Fsp3) is 0.600. The van der Waals surface area contributed by atoms with Gasteiger partial charge < -0.3 is 15.1 Å². The Morgan fingerprint density at radius 1 is 1.40 bits per heavy atom. The molecule has 0 aromatic rings. The van der Waals surface area contributed by atoms with E-state index in [1.807, 2.05) is 0 Å². The zero-order valence-corrected chi connectivity index (χ0v) is 5.57. The number of nitrogens with zero attached hydrogens (tertiary/aromatic N) is 1. The topological polar surface area (TPSA) is 77.8 Å². The van der Waals surface area contributed by atoms with Gasteiger partial charge in [0, 0.05) is 13.6 Å². The molecule has 0 radical (unpaired) electrons. The number of carboxylic acids is 1. The molecule has 0 aliphatic heterocycles. The zero-order valence-electron chi connectivity index (χ0n) is 5.57. The summed E-state index contributed by atoms with van der Waals surface area (Å²) in [5.41, 5.74) is 0. The van der Waals surface area contributed by atoms with Crippen LogP contribution < -0.4 is 0 Å². The highest BCUT2D eigenvalue weighted by Gasteiger charge is 2.06. The molecule has 0 unspecified atom stereocenters. The van der Waals surface area contributed by atoms with Gasteiger partial charge in [0.25, 0.3) is 0 Å². The first-order valence-corrected chi connectivity index (χ1v) is 2.70. The van der Waals surface area contributed by atoms with E-state index in [0.29, 0.717) is 0 Å². The van der Waals surface area contributed by atoms with Gasteiger partial charge in [0.15, 0.2) is 0 Å². The second kappa shape index (κ2) is 3.71. The van der Waals surface area contributed by atoms with E-state index in [2.05, 4.69) is 0 Å². The lowest BCUT2D eigenvalue weighted by molar-refractivity contribution is -0.137. The molecule has 0 aliphatic rings. The van der Waals surface area contributed by atoms with Crippen molar-refractivity contribution in [3.63, 3.8) is 0 Å². The monoisotopic (exact) mass is 147 g/mol. The quantitative estimate of drug-likeness (QED) is 0.592. The lowest BCUT2D eigenvalue weighted by Crippen LogP contribution is -2.27. The SMILES string of the molecule is CN(CCC(=O)O)C(=O)O. The molecule has 0 saturated heterocycles. The van der Waals surface area contributed by atoms with Crippen molar-refractivity contribution in [3.05, 3.63) is 0 Å². The maximum atomic E-state index is 10.0. The second-order valence-corrected chi connectivity index (χ2v) is 1.85. The summed E-state index contributed by atoms with van der Waals surface area (Å²) < 4.78 is 0. The molecule has 10 heavy (non-hydrogen) atoms. The van der Waals surface area contributed by atoms with E-state index >= 15 is 0 Å². The highest BCUT2D eigenvalue weighted by Crippen LogP contribution is 1.86. The van der Waals surface area contributed by atoms with Crippen molar-refractivity contribution in [2.45, 2.75) is 6.42 Å². The van der Waals surface area contributed by atoms with Gasteiger partial charge in [0.1, 0.15) is 0 Å². The van der Waals surface area contributed by atoms with Crippen LogP contribution in [-0.2, 0) is 4.79 Å². The predicted octanol–water partition coefficient (Wildman–Crippen LogP) is 0.0709. The number of hydrogen-bond donors (Lipinski definition) is 2. The van der Waals surface area contributed by atoms with Crippen LogP contribution in [0.5, 0.6) is 0 Å². The summed E-state index contributed by atoms with van der Waals surface area (Å²) in [5, 5.41) is 16.4. The lowest BCUT2D eigenvalue weighted by atomic mass is 10.4. The van der Waals surface area contributed by atoms with Crippen LogP contribution in [0.1, 0.15) is 6.42 Å². The number of carboxylic acid groups (broad SMARTS) is 2. The van der Waals surface area contributed by atoms with E-state index in [1.165, 1.54) is 7.05 Å². The molecule has 1 amide bonds. The Labute approximate surface area is 57.9 Å². The molecule has 0 rings (SSSR count). The van der Waals surface area contributed by atoms with E-state index in [1.54, 1.807) is 0 Å². The normalized spacial score (nSPS) is 8.90. The Morgan fingerprint density at radius 3 is 2.20 bits per heavy atom. The number of rotatable bonds is 3. The summed E-state index contributed by atoms with van der Waals surface area (Å²) in [7, 11) is 1.32. The Balaban J connectivity index is 3.49. The number of aliphatic carboxylic acids is 1. The Morgan fingerprint density at radius 2 is 1.90 bits per heavy atom. The molecule has 0 saturated carbocycles. The smallest absolute Gasteiger partial charge is 0.407 e. The zero-order chi connectivity index (χ0) is 8.15. The van der Waals surface area contributed by atoms with Crippen molar-refractivity contribution >= 4 is 12.1 Å². The highest BCUT2D eigenvalue weighted by molar-refractivity contribution is 5.69. The average molecular weight is 147 g/mol. The molecule has 0 atom stereocenters. The van der Waals surface area contributed by atoms with Crippen LogP contribution in [0.4, 0.5) is 4.79 Å². The average Bonchev–Trinajstić information content (AvgIpc) is 1.82. The van der Waals surface area contributed by atoms with E-state index < -0.39 is 12.1 Å². The van der Waals surface area contributed by atoms with Crippen molar-refractivity contribution in [3.8, 4) is 0 Å². The number of hydrogen-bond acceptors (Lipinski definition) is 2. The third-order valence-electron chi connectivity index (χ3n) is 0.988. The fourth-order valence-electron chi connectivity index (χ4n) is 0.359. The molecule has 0 aromatic carbocycles. The molecule has 5 heteroatoms. The minimum absolute atomic E-state index is 0.0324. The fourth-order valence-corrected chi connectivity index (χ4v) is 0.359. The minimum atomic E-state index is -1.11. The van der Waals surface area contributed by atoms with Gasteiger partial charge in [0.05, 0.1) is 6.42 Å². The second-order valence-electron chi connectivity index (χ2n) is 1.85. The predicted molar refractivity (Wildman–Crippen MR) is 32.9 cm³/mol. The van der Waals surface area contributed by atoms with Gasteiger partial charge in [0.2, 0.25) is 0 Å². The summed E-state index contributed by atoms with van der Waals surface area (Å²) in [6.07, 6.45) is -1.26. The molecule has 0 aromatic heterocycles. The Bertz CT molecular complexity index is 145. The van der Waals surface area contributed by atoms with E-state index in [-0.39, 0.29) is 13.0 Å². The van der Waals surface area contributed by atoms with Crippen molar-refractivity contribution in [2.24, 2.45) is 0 Å². The van der Waals surface area contributed by atoms with Crippen molar-refractivity contribution in [1.82, 2.24) is 4.90 Å². The third kappa shape index (κ3) is 3.71. The molecule has 0 bridgehead atoms. The van der Waals surface area contributed by atoms with Gasteiger partial charge in [-0.25, -0.2) is 4.79 Å². The van der Waals surface area contributed by atoms with Crippen molar-refractivity contribution in [2.75, 3.05) is 13.6 Å². The first-order valence-electron chi connectivity index (χ1n) is 2.70. The van der Waals surface area contributed by atoms with Gasteiger partial charge in [-0.2, -0.15) is 0 Å². The van der Waals surface area contributed by atoms with Gasteiger partial charge in [-0.1, -0.05) is 0 Å². The third-order valence-corrected chi connectivity index (χ3v) is 0.988. The number of amides is 1. The van der Waals surface area contributed by atoms with Crippen LogP contribution in [-0.4, -0.2) is 40.8 Å². The maximum absolute atomic E-state index is 10.0. The van der Waals surface area contributed by atoms with Crippen LogP contribution >= 0.6 is 0 Å². The molecule has 5 nitrogen and oxygen atoms in total. The first-order chi connectivity index (χ1) is 4.54. The van der Waals surface area contributed by atoms with Gasteiger partial charge in [-0.3, -0.25) is 4.79 Å². The highest BCUT2D eigenvalue weighted by atomic mass is 16.4. The van der Waals surface area contributed by atoms with Gasteiger partial charge >= 0.3 is 12.1 Å². The van der Waals surface area contributed by atoms with Crippen LogP contribution in [0.25, 0.3) is 0 Å².